The van der Waals surface area contributed by atoms with Crippen molar-refractivity contribution in [3.63, 3.8) is 0 Å². The fourth-order valence-electron chi connectivity index (χ4n) is 2.49. The van der Waals surface area contributed by atoms with Crippen LogP contribution in [0.1, 0.15) is 39.5 Å². The maximum absolute atomic E-state index is 5.62. The van der Waals surface area contributed by atoms with Gasteiger partial charge in [0.25, 0.3) is 0 Å². The Labute approximate surface area is 105 Å². The largest absolute Gasteiger partial charge is 0.311 e. The van der Waals surface area contributed by atoms with Gasteiger partial charge in [0.05, 0.1) is 0 Å². The zero-order valence-corrected chi connectivity index (χ0v) is 11.3. The minimum atomic E-state index is 0.668. The van der Waals surface area contributed by atoms with E-state index in [9.17, 15) is 0 Å². The van der Waals surface area contributed by atoms with Gasteiger partial charge in [0, 0.05) is 37.3 Å². The molecule has 0 bridgehead atoms. The smallest absolute Gasteiger partial charge is 0.0224 e. The van der Waals surface area contributed by atoms with Gasteiger partial charge >= 0.3 is 0 Å². The molecule has 1 aliphatic heterocycles. The molecule has 1 aliphatic rings. The van der Waals surface area contributed by atoms with Gasteiger partial charge in [-0.15, -0.1) is 0 Å². The van der Waals surface area contributed by atoms with Crippen LogP contribution in [0.25, 0.3) is 0 Å². The fourth-order valence-corrected chi connectivity index (χ4v) is 2.57. The zero-order valence-electron chi connectivity index (χ0n) is 10.6. The maximum atomic E-state index is 5.62. The summed E-state index contributed by atoms with van der Waals surface area (Å²) in [5.41, 5.74) is 1.64. The lowest BCUT2D eigenvalue weighted by atomic mass is 10.0. The predicted octanol–water partition coefficient (Wildman–Crippen LogP) is 2.98. The van der Waals surface area contributed by atoms with Crippen molar-refractivity contribution in [2.24, 2.45) is 0 Å². The minimum absolute atomic E-state index is 0.668. The lowest BCUT2D eigenvalue weighted by Gasteiger charge is -2.40. The molecule has 3 heteroatoms. The van der Waals surface area contributed by atoms with E-state index >= 15 is 0 Å². The van der Waals surface area contributed by atoms with Gasteiger partial charge < -0.3 is 5.32 Å². The number of nitrogens with zero attached hydrogens (tertiary/aromatic N) is 1. The lowest BCUT2D eigenvalue weighted by Crippen LogP contribution is -2.56. The first-order chi connectivity index (χ1) is 7.81. The summed E-state index contributed by atoms with van der Waals surface area (Å²) in [7, 11) is 0. The van der Waals surface area contributed by atoms with Crippen LogP contribution in [0, 0.1) is 0 Å². The van der Waals surface area contributed by atoms with E-state index in [0.717, 1.165) is 13.1 Å². The molecule has 2 unspecified atom stereocenters. The summed E-state index contributed by atoms with van der Waals surface area (Å²) in [5.74, 6) is 0. The second-order valence-corrected chi connectivity index (χ2v) is 4.90. The van der Waals surface area contributed by atoms with Crippen molar-refractivity contribution < 1.29 is 0 Å². The highest BCUT2D eigenvalue weighted by Gasteiger charge is 2.25. The highest BCUT2D eigenvalue weighted by molar-refractivity contribution is 6.25. The zero-order chi connectivity index (χ0) is 11.8. The molecular weight excluding hydrogens is 220 g/mol. The average Bonchev–Trinajstić information content (AvgIpc) is 2.30. The summed E-state index contributed by atoms with van der Waals surface area (Å²) in [6.45, 7) is 7.81. The van der Waals surface area contributed by atoms with E-state index in [4.69, 9.17) is 11.6 Å². The van der Waals surface area contributed by atoms with Crippen molar-refractivity contribution in [2.75, 3.05) is 19.6 Å². The second kappa shape index (κ2) is 8.10. The van der Waals surface area contributed by atoms with Crippen LogP contribution in [-0.4, -0.2) is 36.6 Å². The highest BCUT2D eigenvalue weighted by Crippen LogP contribution is 2.14. The number of halogens is 1. The van der Waals surface area contributed by atoms with E-state index in [1.165, 1.54) is 32.2 Å². The van der Waals surface area contributed by atoms with Crippen LogP contribution in [0.4, 0.5) is 0 Å². The number of hydrogen-bond acceptors (Lipinski definition) is 2. The standard InChI is InChI=1S/C13H25ClN2/c1-3-6-12-11-16(9-5-8-14)13(7-4-2)10-15-12/h5,8,12-13,15H,3-4,6-7,9-11H2,1-2H3/b8-5+. The first-order valence-electron chi connectivity index (χ1n) is 6.54. The minimum Gasteiger partial charge on any atom is -0.311 e. The highest BCUT2D eigenvalue weighted by atomic mass is 35.5. The number of piperazine rings is 1. The number of hydrogen-bond donors (Lipinski definition) is 1. The molecule has 0 aromatic rings. The quantitative estimate of drug-likeness (QED) is 0.773. The van der Waals surface area contributed by atoms with Gasteiger partial charge in [-0.05, 0) is 12.8 Å². The Morgan fingerprint density at radius 3 is 2.69 bits per heavy atom. The third-order valence-corrected chi connectivity index (χ3v) is 3.48. The Morgan fingerprint density at radius 1 is 1.31 bits per heavy atom. The molecular formula is C13H25ClN2. The van der Waals surface area contributed by atoms with Crippen LogP contribution in [0.15, 0.2) is 11.6 Å². The van der Waals surface area contributed by atoms with Crippen molar-refractivity contribution in [3.05, 3.63) is 11.6 Å². The molecule has 1 heterocycles. The molecule has 0 amide bonds. The first-order valence-corrected chi connectivity index (χ1v) is 6.98. The third kappa shape index (κ3) is 4.44. The van der Waals surface area contributed by atoms with Crippen molar-refractivity contribution in [1.82, 2.24) is 10.2 Å². The molecule has 2 nitrogen and oxygen atoms in total. The third-order valence-electron chi connectivity index (χ3n) is 3.30. The molecule has 1 fully saturated rings. The predicted molar refractivity (Wildman–Crippen MR) is 72.0 cm³/mol. The van der Waals surface area contributed by atoms with Crippen LogP contribution in [0.2, 0.25) is 0 Å². The van der Waals surface area contributed by atoms with Crippen molar-refractivity contribution >= 4 is 11.6 Å². The van der Waals surface area contributed by atoms with Crippen molar-refractivity contribution in [3.8, 4) is 0 Å². The van der Waals surface area contributed by atoms with Gasteiger partial charge in [-0.25, -0.2) is 0 Å². The molecule has 0 aliphatic carbocycles. The van der Waals surface area contributed by atoms with Gasteiger partial charge in [-0.2, -0.15) is 0 Å². The molecule has 0 aromatic carbocycles. The van der Waals surface area contributed by atoms with E-state index in [0.29, 0.717) is 12.1 Å². The van der Waals surface area contributed by atoms with Crippen LogP contribution >= 0.6 is 11.6 Å². The topological polar surface area (TPSA) is 15.3 Å². The Bertz CT molecular complexity index is 206. The van der Waals surface area contributed by atoms with Crippen LogP contribution < -0.4 is 5.32 Å². The van der Waals surface area contributed by atoms with Crippen LogP contribution in [0.5, 0.6) is 0 Å². The van der Waals surface area contributed by atoms with Crippen LogP contribution in [-0.2, 0) is 0 Å². The summed E-state index contributed by atoms with van der Waals surface area (Å²) in [6.07, 6.45) is 7.13. The van der Waals surface area contributed by atoms with Crippen molar-refractivity contribution in [1.29, 1.82) is 0 Å². The van der Waals surface area contributed by atoms with Gasteiger partial charge in [0.15, 0.2) is 0 Å². The van der Waals surface area contributed by atoms with E-state index in [1.807, 2.05) is 0 Å². The molecule has 1 saturated heterocycles. The summed E-state index contributed by atoms with van der Waals surface area (Å²) in [4.78, 5) is 2.57. The van der Waals surface area contributed by atoms with Gasteiger partial charge in [-0.3, -0.25) is 4.90 Å². The molecule has 0 spiro atoms. The van der Waals surface area contributed by atoms with E-state index in [1.54, 1.807) is 5.54 Å². The fraction of sp³-hybridized carbons (Fsp3) is 0.846. The summed E-state index contributed by atoms with van der Waals surface area (Å²) in [6, 6.07) is 1.35. The lowest BCUT2D eigenvalue weighted by molar-refractivity contribution is 0.133. The monoisotopic (exact) mass is 244 g/mol. The van der Waals surface area contributed by atoms with E-state index in [-0.39, 0.29) is 0 Å². The Morgan fingerprint density at radius 2 is 2.06 bits per heavy atom. The molecule has 0 aromatic heterocycles. The number of rotatable bonds is 6. The van der Waals surface area contributed by atoms with Gasteiger partial charge in [0.1, 0.15) is 0 Å². The average molecular weight is 245 g/mol. The van der Waals surface area contributed by atoms with Crippen LogP contribution in [0.3, 0.4) is 0 Å². The van der Waals surface area contributed by atoms with Gasteiger partial charge in [0.2, 0.25) is 0 Å². The maximum Gasteiger partial charge on any atom is 0.0224 e. The summed E-state index contributed by atoms with van der Waals surface area (Å²) in [5, 5.41) is 3.66. The molecule has 1 N–H and O–H groups in total. The molecule has 0 saturated carbocycles. The Kier molecular flexibility index (Phi) is 7.10. The van der Waals surface area contributed by atoms with E-state index in [2.05, 4.69) is 30.1 Å². The molecule has 16 heavy (non-hydrogen) atoms. The summed E-state index contributed by atoms with van der Waals surface area (Å²) < 4.78 is 0. The molecule has 2 atom stereocenters. The molecule has 1 rings (SSSR count). The SMILES string of the molecule is CCCC1CN(C/C=C/Cl)C(CCC)CN1. The normalized spacial score (nSPS) is 27.7. The van der Waals surface area contributed by atoms with E-state index < -0.39 is 0 Å². The number of nitrogens with one attached hydrogen (secondary N) is 1. The first kappa shape index (κ1) is 14.0. The van der Waals surface area contributed by atoms with Crippen molar-refractivity contribution in [2.45, 2.75) is 51.6 Å². The Balaban J connectivity index is 2.47. The summed E-state index contributed by atoms with van der Waals surface area (Å²) >= 11 is 5.62. The van der Waals surface area contributed by atoms with Gasteiger partial charge in [-0.1, -0.05) is 44.4 Å². The molecule has 94 valence electrons. The molecule has 0 radical (unpaired) electrons. The Hall–Kier alpha value is -0.0500. The second-order valence-electron chi connectivity index (χ2n) is 4.65.